The van der Waals surface area contributed by atoms with Crippen molar-refractivity contribution in [1.29, 1.82) is 0 Å². The summed E-state index contributed by atoms with van der Waals surface area (Å²) in [7, 11) is 0. The Morgan fingerprint density at radius 1 is 1.29 bits per heavy atom. The second kappa shape index (κ2) is 5.19. The maximum atomic E-state index is 6.21. The highest BCUT2D eigenvalue weighted by molar-refractivity contribution is 5.39. The summed E-state index contributed by atoms with van der Waals surface area (Å²) in [4.78, 5) is 4.24. The van der Waals surface area contributed by atoms with Gasteiger partial charge in [0.25, 0.3) is 0 Å². The number of fused-ring (bicyclic) bond motifs is 1. The van der Waals surface area contributed by atoms with Crippen molar-refractivity contribution in [1.82, 2.24) is 9.55 Å². The van der Waals surface area contributed by atoms with Gasteiger partial charge < -0.3 is 15.0 Å². The zero-order valence-corrected chi connectivity index (χ0v) is 12.2. The first-order valence-corrected chi connectivity index (χ1v) is 7.83. The molecule has 0 bridgehead atoms. The fourth-order valence-electron chi connectivity index (χ4n) is 3.19. The van der Waals surface area contributed by atoms with Gasteiger partial charge in [0, 0.05) is 12.1 Å². The number of imidazole rings is 1. The molecule has 0 radical (unpaired) electrons. The molecule has 0 aliphatic heterocycles. The molecule has 2 aliphatic rings. The van der Waals surface area contributed by atoms with Crippen LogP contribution < -0.4 is 10.5 Å². The average Bonchev–Trinajstić information content (AvgIpc) is 3.24. The summed E-state index contributed by atoms with van der Waals surface area (Å²) < 4.78 is 8.21. The van der Waals surface area contributed by atoms with Crippen LogP contribution in [0.15, 0.2) is 30.7 Å². The zero-order valence-electron chi connectivity index (χ0n) is 12.2. The maximum absolute atomic E-state index is 6.21. The molecule has 4 rings (SSSR count). The first-order valence-electron chi connectivity index (χ1n) is 7.83. The number of ether oxygens (including phenoxy) is 1. The lowest BCUT2D eigenvalue weighted by atomic mass is 9.88. The van der Waals surface area contributed by atoms with Crippen LogP contribution in [0.3, 0.4) is 0 Å². The lowest BCUT2D eigenvalue weighted by molar-refractivity contribution is 0.294. The molecule has 1 saturated carbocycles. The first-order chi connectivity index (χ1) is 10.3. The van der Waals surface area contributed by atoms with Gasteiger partial charge in [-0.05, 0) is 55.4 Å². The standard InChI is InChI=1S/C17H21N3O/c18-17-3-1-2-12-4-7-15(8-16(12)17)21-10-14-9-19-11-20(14)13-5-6-13/h4,7-9,11,13,17H,1-3,5-6,10,18H2. The molecule has 1 aromatic carbocycles. The minimum absolute atomic E-state index is 0.161. The molecule has 2 aromatic rings. The number of hydrogen-bond donors (Lipinski definition) is 1. The van der Waals surface area contributed by atoms with Crippen molar-refractivity contribution in [3.63, 3.8) is 0 Å². The molecule has 0 saturated heterocycles. The molecule has 110 valence electrons. The van der Waals surface area contributed by atoms with E-state index in [9.17, 15) is 0 Å². The molecule has 1 heterocycles. The van der Waals surface area contributed by atoms with Crippen molar-refractivity contribution in [2.24, 2.45) is 5.73 Å². The van der Waals surface area contributed by atoms with Gasteiger partial charge in [-0.3, -0.25) is 0 Å². The Morgan fingerprint density at radius 2 is 2.19 bits per heavy atom. The molecule has 0 spiro atoms. The van der Waals surface area contributed by atoms with Crippen LogP contribution in [0.5, 0.6) is 5.75 Å². The van der Waals surface area contributed by atoms with E-state index in [-0.39, 0.29) is 6.04 Å². The molecule has 21 heavy (non-hydrogen) atoms. The Hall–Kier alpha value is -1.81. The lowest BCUT2D eigenvalue weighted by Crippen LogP contribution is -2.17. The normalized spacial score (nSPS) is 21.1. The number of hydrogen-bond acceptors (Lipinski definition) is 3. The molecule has 2 N–H and O–H groups in total. The van der Waals surface area contributed by atoms with Crippen molar-refractivity contribution >= 4 is 0 Å². The molecule has 0 amide bonds. The van der Waals surface area contributed by atoms with Crippen LogP contribution in [0.2, 0.25) is 0 Å². The van der Waals surface area contributed by atoms with Gasteiger partial charge in [0.1, 0.15) is 12.4 Å². The minimum Gasteiger partial charge on any atom is -0.487 e. The molecule has 1 fully saturated rings. The zero-order chi connectivity index (χ0) is 14.2. The Balaban J connectivity index is 1.49. The van der Waals surface area contributed by atoms with Gasteiger partial charge >= 0.3 is 0 Å². The van der Waals surface area contributed by atoms with Gasteiger partial charge in [-0.25, -0.2) is 4.98 Å². The van der Waals surface area contributed by atoms with E-state index < -0.39 is 0 Å². The number of benzene rings is 1. The fraction of sp³-hybridized carbons (Fsp3) is 0.471. The van der Waals surface area contributed by atoms with Crippen LogP contribution in [-0.2, 0) is 13.0 Å². The smallest absolute Gasteiger partial charge is 0.130 e. The SMILES string of the molecule is NC1CCCc2ccc(OCc3cncn3C3CC3)cc21. The van der Waals surface area contributed by atoms with Crippen LogP contribution >= 0.6 is 0 Å². The highest BCUT2D eigenvalue weighted by Crippen LogP contribution is 2.36. The Bertz CT molecular complexity index is 645. The number of nitrogens with two attached hydrogens (primary N) is 1. The van der Waals surface area contributed by atoms with Gasteiger partial charge in [-0.15, -0.1) is 0 Å². The number of rotatable bonds is 4. The summed E-state index contributed by atoms with van der Waals surface area (Å²) in [5, 5.41) is 0. The molecule has 1 atom stereocenters. The van der Waals surface area contributed by atoms with Gasteiger partial charge in [0.2, 0.25) is 0 Å². The number of aromatic nitrogens is 2. The Kier molecular flexibility index (Phi) is 3.19. The summed E-state index contributed by atoms with van der Waals surface area (Å²) in [6.07, 6.45) is 9.74. The van der Waals surface area contributed by atoms with Crippen molar-refractivity contribution in [3.05, 3.63) is 47.5 Å². The van der Waals surface area contributed by atoms with Gasteiger partial charge in [-0.2, -0.15) is 0 Å². The maximum Gasteiger partial charge on any atom is 0.130 e. The summed E-state index contributed by atoms with van der Waals surface area (Å²) in [6, 6.07) is 7.16. The van der Waals surface area contributed by atoms with Gasteiger partial charge in [-0.1, -0.05) is 6.07 Å². The Morgan fingerprint density at radius 3 is 3.05 bits per heavy atom. The molecule has 4 nitrogen and oxygen atoms in total. The van der Waals surface area contributed by atoms with Crippen LogP contribution in [-0.4, -0.2) is 9.55 Å². The molecular weight excluding hydrogens is 262 g/mol. The topological polar surface area (TPSA) is 53.1 Å². The van der Waals surface area contributed by atoms with E-state index in [2.05, 4.69) is 27.8 Å². The quantitative estimate of drug-likeness (QED) is 0.938. The largest absolute Gasteiger partial charge is 0.487 e. The fourth-order valence-corrected chi connectivity index (χ4v) is 3.19. The van der Waals surface area contributed by atoms with Gasteiger partial charge in [0.15, 0.2) is 0 Å². The average molecular weight is 283 g/mol. The van der Waals surface area contributed by atoms with Crippen LogP contribution in [0.25, 0.3) is 0 Å². The third-order valence-corrected chi connectivity index (χ3v) is 4.55. The highest BCUT2D eigenvalue weighted by Gasteiger charge is 2.25. The molecular formula is C17H21N3O. The van der Waals surface area contributed by atoms with Crippen LogP contribution in [0.4, 0.5) is 0 Å². The number of nitrogens with zero attached hydrogens (tertiary/aromatic N) is 2. The van der Waals surface area contributed by atoms with Gasteiger partial charge in [0.05, 0.1) is 18.2 Å². The predicted molar refractivity (Wildman–Crippen MR) is 81.1 cm³/mol. The third kappa shape index (κ3) is 2.56. The molecule has 1 aromatic heterocycles. The van der Waals surface area contributed by atoms with Crippen molar-refractivity contribution in [2.45, 2.75) is 50.8 Å². The van der Waals surface area contributed by atoms with Crippen molar-refractivity contribution in [3.8, 4) is 5.75 Å². The third-order valence-electron chi connectivity index (χ3n) is 4.55. The van der Waals surface area contributed by atoms with E-state index in [4.69, 9.17) is 10.5 Å². The second-order valence-electron chi connectivity index (χ2n) is 6.17. The van der Waals surface area contributed by atoms with E-state index in [0.29, 0.717) is 12.6 Å². The lowest BCUT2D eigenvalue weighted by Gasteiger charge is -2.22. The Labute approximate surface area is 124 Å². The second-order valence-corrected chi connectivity index (χ2v) is 6.17. The monoisotopic (exact) mass is 283 g/mol. The molecule has 1 unspecified atom stereocenters. The summed E-state index contributed by atoms with van der Waals surface area (Å²) >= 11 is 0. The highest BCUT2D eigenvalue weighted by atomic mass is 16.5. The van der Waals surface area contributed by atoms with Crippen molar-refractivity contribution < 1.29 is 4.74 Å². The van der Waals surface area contributed by atoms with Crippen molar-refractivity contribution in [2.75, 3.05) is 0 Å². The van der Waals surface area contributed by atoms with E-state index in [1.807, 2.05) is 12.5 Å². The van der Waals surface area contributed by atoms with Crippen LogP contribution in [0.1, 0.15) is 54.6 Å². The van der Waals surface area contributed by atoms with E-state index >= 15 is 0 Å². The minimum atomic E-state index is 0.161. The number of aryl methyl sites for hydroxylation is 1. The van der Waals surface area contributed by atoms with E-state index in [1.165, 1.54) is 30.4 Å². The molecule has 2 aliphatic carbocycles. The summed E-state index contributed by atoms with van der Waals surface area (Å²) in [5.74, 6) is 0.912. The van der Waals surface area contributed by atoms with Crippen LogP contribution in [0, 0.1) is 0 Å². The first kappa shape index (κ1) is 12.9. The molecule has 4 heteroatoms. The summed E-state index contributed by atoms with van der Waals surface area (Å²) in [5.41, 5.74) is 10.00. The van der Waals surface area contributed by atoms with E-state index in [0.717, 1.165) is 24.3 Å². The van der Waals surface area contributed by atoms with E-state index in [1.54, 1.807) is 0 Å². The predicted octanol–water partition coefficient (Wildman–Crippen LogP) is 3.13. The summed E-state index contributed by atoms with van der Waals surface area (Å²) in [6.45, 7) is 0.574.